The summed E-state index contributed by atoms with van der Waals surface area (Å²) in [5.41, 5.74) is 1.67. The van der Waals surface area contributed by atoms with Crippen LogP contribution in [-0.2, 0) is 22.6 Å². The first-order valence-electron chi connectivity index (χ1n) is 10.1. The standard InChI is InChI=1S/C23H27FN2O5/c1-14(2)20(26-22(27)18-6-4-5-7-19(18)29-3)23(28)25-9-8-15-10-17(24)11-16-12-30-13-31-21(15)16/h4-7,10-11,14,20H,8-9,12-13H2,1-3H3,(H,25,28)(H,26,27). The number of fused-ring (bicyclic) bond motifs is 1. The van der Waals surface area contributed by atoms with Crippen molar-refractivity contribution in [3.8, 4) is 11.5 Å². The summed E-state index contributed by atoms with van der Waals surface area (Å²) in [6, 6.07) is 8.88. The molecule has 2 aromatic carbocycles. The Bertz CT molecular complexity index is 948. The minimum atomic E-state index is -0.733. The monoisotopic (exact) mass is 430 g/mol. The predicted octanol–water partition coefficient (Wildman–Crippen LogP) is 2.81. The molecule has 0 radical (unpaired) electrons. The number of benzene rings is 2. The number of ether oxygens (including phenoxy) is 3. The topological polar surface area (TPSA) is 85.9 Å². The molecule has 3 rings (SSSR count). The van der Waals surface area contributed by atoms with Crippen LogP contribution >= 0.6 is 0 Å². The van der Waals surface area contributed by atoms with E-state index in [1.807, 2.05) is 13.8 Å². The molecule has 166 valence electrons. The highest BCUT2D eigenvalue weighted by atomic mass is 19.1. The summed E-state index contributed by atoms with van der Waals surface area (Å²) >= 11 is 0. The minimum Gasteiger partial charge on any atom is -0.496 e. The maximum Gasteiger partial charge on any atom is 0.255 e. The number of hydrogen-bond acceptors (Lipinski definition) is 5. The molecule has 1 atom stereocenters. The van der Waals surface area contributed by atoms with Crippen molar-refractivity contribution in [2.24, 2.45) is 5.92 Å². The van der Waals surface area contributed by atoms with Crippen LogP contribution in [0.2, 0.25) is 0 Å². The Kier molecular flexibility index (Phi) is 7.46. The van der Waals surface area contributed by atoms with Gasteiger partial charge >= 0.3 is 0 Å². The van der Waals surface area contributed by atoms with Crippen LogP contribution in [0.15, 0.2) is 36.4 Å². The lowest BCUT2D eigenvalue weighted by Crippen LogP contribution is -2.50. The van der Waals surface area contributed by atoms with Crippen LogP contribution in [0.5, 0.6) is 11.5 Å². The van der Waals surface area contributed by atoms with E-state index in [1.54, 1.807) is 24.3 Å². The van der Waals surface area contributed by atoms with Crippen LogP contribution in [0.25, 0.3) is 0 Å². The SMILES string of the molecule is COc1ccccc1C(=O)NC(C(=O)NCCc1cc(F)cc2c1OCOC2)C(C)C. The second-order valence-corrected chi connectivity index (χ2v) is 7.60. The maximum atomic E-state index is 13.9. The van der Waals surface area contributed by atoms with Crippen molar-refractivity contribution in [3.05, 3.63) is 58.9 Å². The van der Waals surface area contributed by atoms with Crippen molar-refractivity contribution < 1.29 is 28.2 Å². The molecule has 1 heterocycles. The number of nitrogens with one attached hydrogen (secondary N) is 2. The van der Waals surface area contributed by atoms with Gasteiger partial charge in [-0.1, -0.05) is 26.0 Å². The third-order valence-electron chi connectivity index (χ3n) is 5.03. The fourth-order valence-corrected chi connectivity index (χ4v) is 3.46. The van der Waals surface area contributed by atoms with E-state index < -0.39 is 6.04 Å². The highest BCUT2D eigenvalue weighted by Gasteiger charge is 2.26. The lowest BCUT2D eigenvalue weighted by atomic mass is 10.0. The molecular formula is C23H27FN2O5. The van der Waals surface area contributed by atoms with E-state index in [1.165, 1.54) is 19.2 Å². The van der Waals surface area contributed by atoms with Crippen LogP contribution in [0, 0.1) is 11.7 Å². The minimum absolute atomic E-state index is 0.113. The van der Waals surface area contributed by atoms with Gasteiger partial charge in [0.25, 0.3) is 5.91 Å². The molecule has 0 aliphatic carbocycles. The van der Waals surface area contributed by atoms with Crippen LogP contribution in [-0.4, -0.2) is 38.3 Å². The number of carbonyl (C=O) groups excluding carboxylic acids is 2. The van der Waals surface area contributed by atoms with Gasteiger partial charge in [0.1, 0.15) is 23.4 Å². The number of para-hydroxylation sites is 1. The zero-order valence-electron chi connectivity index (χ0n) is 17.9. The Morgan fingerprint density at radius 1 is 1.23 bits per heavy atom. The summed E-state index contributed by atoms with van der Waals surface area (Å²) in [6.45, 7) is 4.37. The quantitative estimate of drug-likeness (QED) is 0.673. The van der Waals surface area contributed by atoms with Gasteiger partial charge in [0.15, 0.2) is 6.79 Å². The third kappa shape index (κ3) is 5.52. The average molecular weight is 430 g/mol. The normalized spacial score (nSPS) is 13.7. The van der Waals surface area contributed by atoms with Gasteiger partial charge < -0.3 is 24.8 Å². The average Bonchev–Trinajstić information content (AvgIpc) is 2.76. The number of halogens is 1. The van der Waals surface area contributed by atoms with E-state index in [0.717, 1.165) is 0 Å². The summed E-state index contributed by atoms with van der Waals surface area (Å²) in [6.07, 6.45) is 0.386. The molecule has 2 amide bonds. The van der Waals surface area contributed by atoms with Gasteiger partial charge in [-0.3, -0.25) is 9.59 Å². The number of hydrogen-bond donors (Lipinski definition) is 2. The highest BCUT2D eigenvalue weighted by Crippen LogP contribution is 2.29. The van der Waals surface area contributed by atoms with E-state index >= 15 is 0 Å². The zero-order valence-corrected chi connectivity index (χ0v) is 17.9. The lowest BCUT2D eigenvalue weighted by molar-refractivity contribution is -0.123. The fourth-order valence-electron chi connectivity index (χ4n) is 3.46. The molecule has 1 aliphatic heterocycles. The lowest BCUT2D eigenvalue weighted by Gasteiger charge is -2.23. The van der Waals surface area contributed by atoms with Gasteiger partial charge in [0.05, 0.1) is 19.3 Å². The summed E-state index contributed by atoms with van der Waals surface area (Å²) in [7, 11) is 1.49. The van der Waals surface area contributed by atoms with Gasteiger partial charge in [-0.15, -0.1) is 0 Å². The van der Waals surface area contributed by atoms with E-state index in [4.69, 9.17) is 14.2 Å². The Hall–Kier alpha value is -3.13. The molecular weight excluding hydrogens is 403 g/mol. The third-order valence-corrected chi connectivity index (χ3v) is 5.03. The van der Waals surface area contributed by atoms with Gasteiger partial charge in [-0.05, 0) is 42.2 Å². The van der Waals surface area contributed by atoms with Crippen molar-refractivity contribution in [2.75, 3.05) is 20.4 Å². The largest absolute Gasteiger partial charge is 0.496 e. The maximum absolute atomic E-state index is 13.9. The molecule has 31 heavy (non-hydrogen) atoms. The number of amides is 2. The number of rotatable bonds is 8. The smallest absolute Gasteiger partial charge is 0.255 e. The summed E-state index contributed by atoms with van der Waals surface area (Å²) in [4.78, 5) is 25.5. The van der Waals surface area contributed by atoms with Crippen LogP contribution in [0.1, 0.15) is 35.3 Å². The molecule has 0 aromatic heterocycles. The van der Waals surface area contributed by atoms with Gasteiger partial charge in [-0.2, -0.15) is 0 Å². The molecule has 2 aromatic rings. The van der Waals surface area contributed by atoms with Crippen LogP contribution in [0.4, 0.5) is 4.39 Å². The van der Waals surface area contributed by atoms with E-state index in [0.29, 0.717) is 34.6 Å². The Morgan fingerprint density at radius 2 is 2.00 bits per heavy atom. The van der Waals surface area contributed by atoms with E-state index in [2.05, 4.69) is 10.6 Å². The first-order chi connectivity index (χ1) is 14.9. The molecule has 0 saturated carbocycles. The molecule has 0 saturated heterocycles. The second kappa shape index (κ2) is 10.3. The molecule has 0 fully saturated rings. The second-order valence-electron chi connectivity index (χ2n) is 7.60. The van der Waals surface area contributed by atoms with Gasteiger partial charge in [0, 0.05) is 12.1 Å². The number of methoxy groups -OCH3 is 1. The van der Waals surface area contributed by atoms with E-state index in [-0.39, 0.29) is 43.5 Å². The van der Waals surface area contributed by atoms with Crippen molar-refractivity contribution >= 4 is 11.8 Å². The van der Waals surface area contributed by atoms with Gasteiger partial charge in [0.2, 0.25) is 5.91 Å². The first kappa shape index (κ1) is 22.6. The van der Waals surface area contributed by atoms with Crippen molar-refractivity contribution in [3.63, 3.8) is 0 Å². The van der Waals surface area contributed by atoms with Crippen molar-refractivity contribution in [1.29, 1.82) is 0 Å². The van der Waals surface area contributed by atoms with Gasteiger partial charge in [-0.25, -0.2) is 4.39 Å². The highest BCUT2D eigenvalue weighted by molar-refractivity contribution is 5.99. The number of carbonyl (C=O) groups is 2. The summed E-state index contributed by atoms with van der Waals surface area (Å²) in [5, 5.41) is 5.61. The summed E-state index contributed by atoms with van der Waals surface area (Å²) < 4.78 is 29.8. The predicted molar refractivity (Wildman–Crippen MR) is 112 cm³/mol. The van der Waals surface area contributed by atoms with Crippen molar-refractivity contribution in [1.82, 2.24) is 10.6 Å². The first-order valence-corrected chi connectivity index (χ1v) is 10.1. The Balaban J connectivity index is 1.63. The fraction of sp³-hybridized carbons (Fsp3) is 0.391. The molecule has 2 N–H and O–H groups in total. The van der Waals surface area contributed by atoms with Crippen LogP contribution in [0.3, 0.4) is 0 Å². The van der Waals surface area contributed by atoms with Crippen LogP contribution < -0.4 is 20.1 Å². The molecule has 7 nitrogen and oxygen atoms in total. The molecule has 1 unspecified atom stereocenters. The Morgan fingerprint density at radius 3 is 2.74 bits per heavy atom. The zero-order chi connectivity index (χ0) is 22.4. The molecule has 0 spiro atoms. The molecule has 1 aliphatic rings. The summed E-state index contributed by atoms with van der Waals surface area (Å²) in [5.74, 6) is -0.180. The Labute approximate surface area is 180 Å². The molecule has 8 heteroatoms. The van der Waals surface area contributed by atoms with Crippen molar-refractivity contribution in [2.45, 2.75) is 32.9 Å². The van der Waals surface area contributed by atoms with E-state index in [9.17, 15) is 14.0 Å². The molecule has 0 bridgehead atoms.